The van der Waals surface area contributed by atoms with Crippen LogP contribution in [0.25, 0.3) is 23.1 Å². The van der Waals surface area contributed by atoms with Crippen molar-refractivity contribution in [2.75, 3.05) is 0 Å². The van der Waals surface area contributed by atoms with Crippen molar-refractivity contribution in [3.05, 3.63) is 65.1 Å². The summed E-state index contributed by atoms with van der Waals surface area (Å²) in [6.07, 6.45) is 6.40. The van der Waals surface area contributed by atoms with E-state index in [0.717, 1.165) is 0 Å². The molecule has 0 amide bonds. The smallest absolute Gasteiger partial charge is 0.205 e. The van der Waals surface area contributed by atoms with Crippen LogP contribution in [-0.4, -0.2) is 4.98 Å². The second-order valence-corrected chi connectivity index (χ2v) is 5.28. The number of aromatic nitrogens is 2. The van der Waals surface area contributed by atoms with Crippen LogP contribution in [0.5, 0.6) is 0 Å². The van der Waals surface area contributed by atoms with Crippen molar-refractivity contribution in [1.82, 2.24) is 4.98 Å². The van der Waals surface area contributed by atoms with Crippen molar-refractivity contribution in [3.8, 4) is 0 Å². The zero-order chi connectivity index (χ0) is 14.1. The fourth-order valence-corrected chi connectivity index (χ4v) is 2.45. The molecule has 20 heavy (non-hydrogen) atoms. The Hall–Kier alpha value is -2.35. The number of nitrogens with zero attached hydrogens (tertiary/aromatic N) is 1. The van der Waals surface area contributed by atoms with Gasteiger partial charge in [0.2, 0.25) is 5.69 Å². The standard InChI is InChI=1S/C18H18N2/c1-13-7-10-18-17(11-13)15(12-19-18)8-9-16-6-4-5-14(2)20(16)3/h4-12H,1-3H3/p+1. The zero-order valence-electron chi connectivity index (χ0n) is 12.1. The number of hydrogen-bond donors (Lipinski definition) is 1. The summed E-state index contributed by atoms with van der Waals surface area (Å²) in [7, 11) is 2.09. The van der Waals surface area contributed by atoms with Gasteiger partial charge in [-0.2, -0.15) is 4.57 Å². The van der Waals surface area contributed by atoms with E-state index >= 15 is 0 Å². The van der Waals surface area contributed by atoms with E-state index in [1.54, 1.807) is 0 Å². The predicted molar refractivity (Wildman–Crippen MR) is 84.3 cm³/mol. The average molecular weight is 263 g/mol. The second kappa shape index (κ2) is 4.97. The van der Waals surface area contributed by atoms with Crippen molar-refractivity contribution in [1.29, 1.82) is 0 Å². The summed E-state index contributed by atoms with van der Waals surface area (Å²) in [5.41, 5.74) is 6.15. The minimum Gasteiger partial charge on any atom is -0.361 e. The van der Waals surface area contributed by atoms with Crippen LogP contribution >= 0.6 is 0 Å². The first-order valence-electron chi connectivity index (χ1n) is 6.86. The Kier molecular flexibility index (Phi) is 3.15. The fraction of sp³-hybridized carbons (Fsp3) is 0.167. The van der Waals surface area contributed by atoms with Gasteiger partial charge in [-0.15, -0.1) is 0 Å². The third kappa shape index (κ3) is 2.25. The second-order valence-electron chi connectivity index (χ2n) is 5.28. The summed E-state index contributed by atoms with van der Waals surface area (Å²) in [4.78, 5) is 3.32. The third-order valence-electron chi connectivity index (χ3n) is 3.82. The lowest BCUT2D eigenvalue weighted by atomic mass is 10.1. The van der Waals surface area contributed by atoms with E-state index < -0.39 is 0 Å². The van der Waals surface area contributed by atoms with Crippen LogP contribution in [0, 0.1) is 13.8 Å². The van der Waals surface area contributed by atoms with E-state index in [4.69, 9.17) is 0 Å². The summed E-state index contributed by atoms with van der Waals surface area (Å²) in [6.45, 7) is 4.24. The Morgan fingerprint density at radius 1 is 1.05 bits per heavy atom. The first kappa shape index (κ1) is 12.7. The van der Waals surface area contributed by atoms with Crippen molar-refractivity contribution >= 4 is 23.1 Å². The number of nitrogens with one attached hydrogen (secondary N) is 1. The molecule has 0 spiro atoms. The Labute approximate surface area is 119 Å². The molecular weight excluding hydrogens is 244 g/mol. The van der Waals surface area contributed by atoms with Gasteiger partial charge in [-0.05, 0) is 36.8 Å². The largest absolute Gasteiger partial charge is 0.361 e. The van der Waals surface area contributed by atoms with Gasteiger partial charge in [-0.25, -0.2) is 0 Å². The van der Waals surface area contributed by atoms with Crippen LogP contribution in [0.2, 0.25) is 0 Å². The molecule has 2 nitrogen and oxygen atoms in total. The molecule has 0 aliphatic rings. The van der Waals surface area contributed by atoms with Gasteiger partial charge in [0.25, 0.3) is 0 Å². The topological polar surface area (TPSA) is 19.7 Å². The van der Waals surface area contributed by atoms with Crippen LogP contribution in [0.1, 0.15) is 22.5 Å². The lowest BCUT2D eigenvalue weighted by Gasteiger charge is -1.97. The van der Waals surface area contributed by atoms with Gasteiger partial charge in [0, 0.05) is 42.2 Å². The molecule has 0 atom stereocenters. The number of rotatable bonds is 2. The number of aryl methyl sites for hydroxylation is 2. The van der Waals surface area contributed by atoms with Gasteiger partial charge < -0.3 is 4.98 Å². The molecule has 1 aromatic carbocycles. The first-order valence-corrected chi connectivity index (χ1v) is 6.86. The van der Waals surface area contributed by atoms with Gasteiger partial charge in [0.05, 0.1) is 0 Å². The van der Waals surface area contributed by atoms with E-state index in [-0.39, 0.29) is 0 Å². The Bertz CT molecular complexity index is 794. The SMILES string of the molecule is Cc1ccc2[nH]cc(/C=C/c3cccc(C)[n+]3C)c2c1. The third-order valence-corrected chi connectivity index (χ3v) is 3.82. The highest BCUT2D eigenvalue weighted by Crippen LogP contribution is 2.21. The van der Waals surface area contributed by atoms with Gasteiger partial charge >= 0.3 is 0 Å². The number of pyridine rings is 1. The number of aromatic amines is 1. The average Bonchev–Trinajstić information content (AvgIpc) is 2.83. The fourth-order valence-electron chi connectivity index (χ4n) is 2.45. The molecule has 0 aliphatic carbocycles. The normalized spacial score (nSPS) is 11.6. The van der Waals surface area contributed by atoms with Crippen molar-refractivity contribution in [3.63, 3.8) is 0 Å². The highest BCUT2D eigenvalue weighted by molar-refractivity contribution is 5.91. The molecule has 3 rings (SSSR count). The zero-order valence-corrected chi connectivity index (χ0v) is 12.1. The van der Waals surface area contributed by atoms with Crippen molar-refractivity contribution in [2.45, 2.75) is 13.8 Å². The van der Waals surface area contributed by atoms with Gasteiger partial charge in [-0.3, -0.25) is 0 Å². The number of fused-ring (bicyclic) bond motifs is 1. The molecule has 0 radical (unpaired) electrons. The maximum atomic E-state index is 3.32. The highest BCUT2D eigenvalue weighted by Gasteiger charge is 2.06. The maximum Gasteiger partial charge on any atom is 0.205 e. The quantitative estimate of drug-likeness (QED) is 0.679. The highest BCUT2D eigenvalue weighted by atomic mass is 14.9. The van der Waals surface area contributed by atoms with Crippen LogP contribution in [0.3, 0.4) is 0 Å². The van der Waals surface area contributed by atoms with E-state index in [1.807, 2.05) is 0 Å². The number of hydrogen-bond acceptors (Lipinski definition) is 0. The summed E-state index contributed by atoms with van der Waals surface area (Å²) in [5.74, 6) is 0. The monoisotopic (exact) mass is 263 g/mol. The number of H-pyrrole nitrogens is 1. The summed E-state index contributed by atoms with van der Waals surface area (Å²) < 4.78 is 2.19. The van der Waals surface area contributed by atoms with Crippen LogP contribution in [-0.2, 0) is 7.05 Å². The molecule has 0 saturated heterocycles. The molecule has 1 N–H and O–H groups in total. The number of benzene rings is 1. The van der Waals surface area contributed by atoms with Gasteiger partial charge in [0.1, 0.15) is 7.05 Å². The lowest BCUT2D eigenvalue weighted by molar-refractivity contribution is -0.679. The first-order chi connectivity index (χ1) is 9.65. The molecule has 3 aromatic rings. The summed E-state index contributed by atoms with van der Waals surface area (Å²) in [5, 5.41) is 1.27. The molecule has 0 saturated carbocycles. The molecule has 0 unspecified atom stereocenters. The van der Waals surface area contributed by atoms with Crippen LogP contribution in [0.15, 0.2) is 42.6 Å². The minimum atomic E-state index is 1.18. The predicted octanol–water partition coefficient (Wildman–Crippen LogP) is 3.78. The van der Waals surface area contributed by atoms with Crippen LogP contribution in [0.4, 0.5) is 0 Å². The molecule has 2 aromatic heterocycles. The molecule has 2 heteroatoms. The Morgan fingerprint density at radius 3 is 2.75 bits per heavy atom. The molecule has 0 aliphatic heterocycles. The minimum absolute atomic E-state index is 1.18. The molecule has 100 valence electrons. The van der Waals surface area contributed by atoms with E-state index in [0.29, 0.717) is 0 Å². The molecule has 2 heterocycles. The van der Waals surface area contributed by atoms with E-state index in [9.17, 15) is 0 Å². The Balaban J connectivity index is 2.02. The van der Waals surface area contributed by atoms with E-state index in [2.05, 4.69) is 85.2 Å². The maximum absolute atomic E-state index is 3.32. The molecular formula is C18H19N2+. The van der Waals surface area contributed by atoms with Gasteiger partial charge in [-0.1, -0.05) is 11.6 Å². The summed E-state index contributed by atoms with van der Waals surface area (Å²) >= 11 is 0. The molecule has 0 bridgehead atoms. The van der Waals surface area contributed by atoms with Crippen molar-refractivity contribution in [2.24, 2.45) is 7.05 Å². The van der Waals surface area contributed by atoms with Gasteiger partial charge in [0.15, 0.2) is 5.69 Å². The Morgan fingerprint density at radius 2 is 1.90 bits per heavy atom. The lowest BCUT2D eigenvalue weighted by Crippen LogP contribution is -2.34. The van der Waals surface area contributed by atoms with Crippen LogP contribution < -0.4 is 4.57 Å². The van der Waals surface area contributed by atoms with Crippen molar-refractivity contribution < 1.29 is 4.57 Å². The van der Waals surface area contributed by atoms with E-state index in [1.165, 1.54) is 33.4 Å². The summed E-state index contributed by atoms with van der Waals surface area (Å²) in [6, 6.07) is 12.8. The molecule has 0 fully saturated rings.